The van der Waals surface area contributed by atoms with Crippen molar-refractivity contribution >= 4 is 39.6 Å². The molecule has 90 valence electrons. The Kier molecular flexibility index (Phi) is 5.34. The van der Waals surface area contributed by atoms with Gasteiger partial charge in [0.15, 0.2) is 0 Å². The van der Waals surface area contributed by atoms with Gasteiger partial charge in [0.25, 0.3) is 0 Å². The summed E-state index contributed by atoms with van der Waals surface area (Å²) in [7, 11) is 0. The van der Waals surface area contributed by atoms with Crippen LogP contribution in [0.2, 0.25) is 0 Å². The Labute approximate surface area is 108 Å². The minimum absolute atomic E-state index is 0.0417. The molecule has 1 saturated heterocycles. The van der Waals surface area contributed by atoms with Gasteiger partial charge in [0.1, 0.15) is 0 Å². The number of hydrogen-bond acceptors (Lipinski definition) is 4. The molecule has 4 nitrogen and oxygen atoms in total. The van der Waals surface area contributed by atoms with Gasteiger partial charge in [0.05, 0.1) is 23.0 Å². The lowest BCUT2D eigenvalue weighted by atomic mass is 10.4. The molecule has 0 aromatic rings. The largest absolute Gasteiger partial charge is 0.463 e. The fourth-order valence-electron chi connectivity index (χ4n) is 1.32. The molecule has 1 atom stereocenters. The van der Waals surface area contributed by atoms with Crippen molar-refractivity contribution in [3.63, 3.8) is 0 Å². The molecule has 1 heterocycles. The topological polar surface area (TPSA) is 46.6 Å². The molecular formula is C10H14BrNO3S. The van der Waals surface area contributed by atoms with E-state index in [-0.39, 0.29) is 11.2 Å². The molecule has 1 amide bonds. The van der Waals surface area contributed by atoms with Crippen LogP contribution in [0.3, 0.4) is 0 Å². The summed E-state index contributed by atoms with van der Waals surface area (Å²) in [5.41, 5.74) is 0. The molecule has 0 N–H and O–H groups in total. The number of alkyl halides is 1. The number of rotatable bonds is 4. The highest BCUT2D eigenvalue weighted by Gasteiger charge is 2.33. The third-order valence-corrected chi connectivity index (χ3v) is 3.50. The Hall–Kier alpha value is -0.490. The second-order valence-corrected chi connectivity index (χ2v) is 5.33. The van der Waals surface area contributed by atoms with Crippen molar-refractivity contribution < 1.29 is 14.3 Å². The van der Waals surface area contributed by atoms with Crippen molar-refractivity contribution in [3.05, 3.63) is 11.1 Å². The molecule has 0 spiro atoms. The molecule has 0 aliphatic carbocycles. The summed E-state index contributed by atoms with van der Waals surface area (Å²) in [6.07, 6.45) is 1.39. The van der Waals surface area contributed by atoms with E-state index in [0.717, 1.165) is 0 Å². The highest BCUT2D eigenvalue weighted by molar-refractivity contribution is 9.09. The maximum absolute atomic E-state index is 11.7. The van der Waals surface area contributed by atoms with Crippen LogP contribution in [0.15, 0.2) is 11.1 Å². The zero-order chi connectivity index (χ0) is 12.1. The van der Waals surface area contributed by atoms with Gasteiger partial charge in [-0.1, -0.05) is 27.7 Å². The third-order valence-electron chi connectivity index (χ3n) is 2.01. The van der Waals surface area contributed by atoms with E-state index in [0.29, 0.717) is 23.5 Å². The normalized spacial score (nSPS) is 22.9. The first-order valence-corrected chi connectivity index (χ1v) is 7.02. The van der Waals surface area contributed by atoms with E-state index < -0.39 is 5.97 Å². The molecule has 0 saturated carbocycles. The zero-order valence-corrected chi connectivity index (χ0v) is 11.6. The molecule has 1 aliphatic rings. The van der Waals surface area contributed by atoms with E-state index in [2.05, 4.69) is 15.9 Å². The molecule has 16 heavy (non-hydrogen) atoms. The second kappa shape index (κ2) is 6.30. The lowest BCUT2D eigenvalue weighted by molar-refractivity contribution is -0.137. The maximum Gasteiger partial charge on any atom is 0.333 e. The minimum Gasteiger partial charge on any atom is -0.463 e. The van der Waals surface area contributed by atoms with Crippen LogP contribution in [0.4, 0.5) is 0 Å². The van der Waals surface area contributed by atoms with Crippen molar-refractivity contribution in [2.45, 2.75) is 19.1 Å². The number of thioether (sulfide) groups is 1. The van der Waals surface area contributed by atoms with E-state index in [9.17, 15) is 9.59 Å². The number of carbonyl (C=O) groups excluding carboxylic acids is 2. The van der Waals surface area contributed by atoms with Crippen molar-refractivity contribution in [2.75, 3.05) is 18.5 Å². The molecule has 0 aromatic heterocycles. The Balaban J connectivity index is 2.78. The van der Waals surface area contributed by atoms with Crippen molar-refractivity contribution in [2.24, 2.45) is 0 Å². The van der Waals surface area contributed by atoms with Gasteiger partial charge in [-0.25, -0.2) is 4.79 Å². The van der Waals surface area contributed by atoms with E-state index >= 15 is 0 Å². The molecule has 0 bridgehead atoms. The van der Waals surface area contributed by atoms with Gasteiger partial charge in [-0.3, -0.25) is 4.79 Å². The predicted octanol–water partition coefficient (Wildman–Crippen LogP) is 1.75. The minimum atomic E-state index is -0.397. The smallest absolute Gasteiger partial charge is 0.333 e. The number of hydrogen-bond donors (Lipinski definition) is 0. The predicted molar refractivity (Wildman–Crippen MR) is 67.3 cm³/mol. The standard InChI is InChI=1S/C10H14BrNO3S/c1-3-15-9(13)6-8-12(5-4-11)10(14)7(2)16-8/h6-7H,3-5H2,1-2H3/b8-6-. The molecule has 1 rings (SSSR count). The summed E-state index contributed by atoms with van der Waals surface area (Å²) in [5, 5.41) is 1.24. The molecule has 1 unspecified atom stereocenters. The Morgan fingerprint density at radius 1 is 1.69 bits per heavy atom. The van der Waals surface area contributed by atoms with Crippen LogP contribution in [0.1, 0.15) is 13.8 Å². The summed E-state index contributed by atoms with van der Waals surface area (Å²) in [4.78, 5) is 24.6. The second-order valence-electron chi connectivity index (χ2n) is 3.17. The van der Waals surface area contributed by atoms with Crippen LogP contribution in [0.5, 0.6) is 0 Å². The zero-order valence-electron chi connectivity index (χ0n) is 9.23. The molecule has 0 aromatic carbocycles. The fraction of sp³-hybridized carbons (Fsp3) is 0.600. The Morgan fingerprint density at radius 2 is 2.38 bits per heavy atom. The molecular weight excluding hydrogens is 294 g/mol. The molecule has 1 aliphatic heterocycles. The summed E-state index contributed by atoms with van der Waals surface area (Å²) in [5.74, 6) is -0.355. The fourth-order valence-corrected chi connectivity index (χ4v) is 2.74. The lowest BCUT2D eigenvalue weighted by Crippen LogP contribution is -2.29. The highest BCUT2D eigenvalue weighted by Crippen LogP contribution is 2.34. The van der Waals surface area contributed by atoms with E-state index in [1.54, 1.807) is 11.8 Å². The number of ether oxygens (including phenoxy) is 1. The van der Waals surface area contributed by atoms with Crippen molar-refractivity contribution in [1.82, 2.24) is 4.90 Å². The summed E-state index contributed by atoms with van der Waals surface area (Å²) >= 11 is 4.68. The quantitative estimate of drug-likeness (QED) is 0.451. The van der Waals surface area contributed by atoms with Gasteiger partial charge < -0.3 is 9.64 Å². The monoisotopic (exact) mass is 307 g/mol. The van der Waals surface area contributed by atoms with E-state index in [1.807, 2.05) is 6.92 Å². The molecule has 1 fully saturated rings. The number of carbonyl (C=O) groups is 2. The SMILES string of the molecule is CCOC(=O)/C=C1\SC(C)C(=O)N1CCBr. The van der Waals surface area contributed by atoms with Gasteiger partial charge in [0.2, 0.25) is 5.91 Å². The first-order valence-electron chi connectivity index (χ1n) is 5.02. The van der Waals surface area contributed by atoms with Gasteiger partial charge in [-0.05, 0) is 13.8 Å². The van der Waals surface area contributed by atoms with Crippen molar-refractivity contribution in [1.29, 1.82) is 0 Å². The first-order chi connectivity index (χ1) is 7.60. The number of amides is 1. The Bertz CT molecular complexity index is 319. The van der Waals surface area contributed by atoms with Crippen molar-refractivity contribution in [3.8, 4) is 0 Å². The van der Waals surface area contributed by atoms with Crippen LogP contribution >= 0.6 is 27.7 Å². The lowest BCUT2D eigenvalue weighted by Gasteiger charge is -2.15. The van der Waals surface area contributed by atoms with Crippen LogP contribution in [0, 0.1) is 0 Å². The van der Waals surface area contributed by atoms with E-state index in [1.165, 1.54) is 17.8 Å². The van der Waals surface area contributed by atoms with E-state index in [4.69, 9.17) is 4.74 Å². The Morgan fingerprint density at radius 3 is 2.94 bits per heavy atom. The van der Waals surface area contributed by atoms with Crippen LogP contribution < -0.4 is 0 Å². The van der Waals surface area contributed by atoms with Crippen LogP contribution in [-0.4, -0.2) is 40.5 Å². The number of esters is 1. The maximum atomic E-state index is 11.7. The highest BCUT2D eigenvalue weighted by atomic mass is 79.9. The summed E-state index contributed by atoms with van der Waals surface area (Å²) in [6, 6.07) is 0. The molecule has 6 heteroatoms. The average Bonchev–Trinajstić information content (AvgIpc) is 2.47. The number of halogens is 1. The first kappa shape index (κ1) is 13.6. The van der Waals surface area contributed by atoms with Crippen LogP contribution in [-0.2, 0) is 14.3 Å². The summed E-state index contributed by atoms with van der Waals surface area (Å²) < 4.78 is 4.82. The van der Waals surface area contributed by atoms with Gasteiger partial charge in [-0.2, -0.15) is 0 Å². The van der Waals surface area contributed by atoms with Gasteiger partial charge in [0, 0.05) is 11.9 Å². The average molecular weight is 308 g/mol. The van der Waals surface area contributed by atoms with Gasteiger partial charge >= 0.3 is 5.97 Å². The third kappa shape index (κ3) is 3.25. The number of nitrogens with zero attached hydrogens (tertiary/aromatic N) is 1. The van der Waals surface area contributed by atoms with Gasteiger partial charge in [-0.15, -0.1) is 0 Å². The molecule has 0 radical (unpaired) electrons. The summed E-state index contributed by atoms with van der Waals surface area (Å²) in [6.45, 7) is 4.50. The van der Waals surface area contributed by atoms with Crippen LogP contribution in [0.25, 0.3) is 0 Å².